The number of nitro groups is 1. The van der Waals surface area contributed by atoms with Gasteiger partial charge in [0, 0.05) is 34.5 Å². The number of carbonyl (C=O) groups excluding carboxylic acids is 1. The molecular formula is C19H20ClN5O3S2. The summed E-state index contributed by atoms with van der Waals surface area (Å²) in [5, 5.41) is 25.1. The maximum absolute atomic E-state index is 12.4. The van der Waals surface area contributed by atoms with Crippen molar-refractivity contribution in [1.82, 2.24) is 14.8 Å². The summed E-state index contributed by atoms with van der Waals surface area (Å²) in [5.74, 6) is 0.529. The number of nitrogens with one attached hydrogen (secondary N) is 1. The summed E-state index contributed by atoms with van der Waals surface area (Å²) in [7, 11) is 0. The zero-order valence-electron chi connectivity index (χ0n) is 16.4. The molecule has 8 nitrogen and oxygen atoms in total. The summed E-state index contributed by atoms with van der Waals surface area (Å²) < 4.78 is 2.01. The number of benzene rings is 1. The Morgan fingerprint density at radius 1 is 1.33 bits per heavy atom. The van der Waals surface area contributed by atoms with E-state index in [1.165, 1.54) is 34.8 Å². The van der Waals surface area contributed by atoms with Gasteiger partial charge in [0.2, 0.25) is 5.91 Å². The highest BCUT2D eigenvalue weighted by Crippen LogP contribution is 2.29. The van der Waals surface area contributed by atoms with Crippen LogP contribution in [0, 0.1) is 10.1 Å². The second-order valence-corrected chi connectivity index (χ2v) is 8.72. The minimum atomic E-state index is -0.538. The summed E-state index contributed by atoms with van der Waals surface area (Å²) in [6.07, 6.45) is 1.87. The van der Waals surface area contributed by atoms with Gasteiger partial charge in [-0.15, -0.1) is 21.5 Å². The number of aryl methyl sites for hydroxylation is 1. The average molecular weight is 466 g/mol. The van der Waals surface area contributed by atoms with E-state index in [-0.39, 0.29) is 28.1 Å². The fraction of sp³-hybridized carbons (Fsp3) is 0.316. The number of aromatic nitrogens is 3. The first-order valence-corrected chi connectivity index (χ1v) is 11.5. The smallest absolute Gasteiger partial charge is 0.271 e. The molecule has 3 rings (SSSR count). The van der Waals surface area contributed by atoms with Crippen molar-refractivity contribution in [3.05, 3.63) is 49.7 Å². The third-order valence-corrected chi connectivity index (χ3v) is 6.57. The van der Waals surface area contributed by atoms with Crippen LogP contribution in [0.1, 0.15) is 25.1 Å². The summed E-state index contributed by atoms with van der Waals surface area (Å²) in [6, 6.07) is 6.03. The molecule has 0 atom stereocenters. The van der Waals surface area contributed by atoms with Gasteiger partial charge in [-0.1, -0.05) is 37.2 Å². The van der Waals surface area contributed by atoms with Gasteiger partial charge in [-0.05, 0) is 25.0 Å². The molecule has 11 heteroatoms. The van der Waals surface area contributed by atoms with Crippen molar-refractivity contribution in [2.75, 3.05) is 11.1 Å². The number of carbonyl (C=O) groups is 1. The number of halogens is 1. The summed E-state index contributed by atoms with van der Waals surface area (Å²) >= 11 is 9.00. The molecule has 0 radical (unpaired) electrons. The van der Waals surface area contributed by atoms with E-state index in [4.69, 9.17) is 11.6 Å². The molecule has 2 heterocycles. The zero-order chi connectivity index (χ0) is 21.7. The molecule has 30 heavy (non-hydrogen) atoms. The van der Waals surface area contributed by atoms with Crippen LogP contribution in [-0.4, -0.2) is 31.3 Å². The van der Waals surface area contributed by atoms with Crippen LogP contribution in [0.15, 0.2) is 34.8 Å². The normalized spacial score (nSPS) is 10.9. The van der Waals surface area contributed by atoms with Crippen molar-refractivity contribution in [3.8, 4) is 11.4 Å². The first-order valence-electron chi connectivity index (χ1n) is 9.30. The lowest BCUT2D eigenvalue weighted by Gasteiger charge is -2.09. The van der Waals surface area contributed by atoms with Crippen LogP contribution >= 0.6 is 34.7 Å². The molecule has 0 saturated carbocycles. The highest BCUT2D eigenvalue weighted by molar-refractivity contribution is 7.99. The fourth-order valence-electron chi connectivity index (χ4n) is 2.76. The van der Waals surface area contributed by atoms with Crippen molar-refractivity contribution >= 4 is 52.0 Å². The quantitative estimate of drug-likeness (QED) is 0.262. The van der Waals surface area contributed by atoms with Crippen molar-refractivity contribution < 1.29 is 9.72 Å². The molecule has 0 aliphatic heterocycles. The van der Waals surface area contributed by atoms with Crippen LogP contribution in [0.3, 0.4) is 0 Å². The summed E-state index contributed by atoms with van der Waals surface area (Å²) in [5.41, 5.74) is 1.09. The van der Waals surface area contributed by atoms with Crippen LogP contribution in [0.4, 0.5) is 11.4 Å². The van der Waals surface area contributed by atoms with E-state index < -0.39 is 4.92 Å². The van der Waals surface area contributed by atoms with Crippen molar-refractivity contribution in [3.63, 3.8) is 0 Å². The first-order chi connectivity index (χ1) is 14.4. The lowest BCUT2D eigenvalue weighted by Crippen LogP contribution is -2.15. The molecule has 1 N–H and O–H groups in total. The Bertz CT molecular complexity index is 1070. The second-order valence-electron chi connectivity index (χ2n) is 6.37. The SMILES string of the molecule is CCCn1c(SCC(=O)Nc2cc([N+](=O)[O-])ccc2Cl)nnc1-c1csc(CC)c1. The highest BCUT2D eigenvalue weighted by atomic mass is 35.5. The van der Waals surface area contributed by atoms with E-state index in [1.54, 1.807) is 11.3 Å². The molecular weight excluding hydrogens is 446 g/mol. The van der Waals surface area contributed by atoms with Gasteiger partial charge in [0.1, 0.15) is 0 Å². The van der Waals surface area contributed by atoms with Gasteiger partial charge in [-0.2, -0.15) is 0 Å². The number of hydrogen-bond acceptors (Lipinski definition) is 7. The second kappa shape index (κ2) is 10.1. The zero-order valence-corrected chi connectivity index (χ0v) is 18.8. The molecule has 0 aliphatic carbocycles. The van der Waals surface area contributed by atoms with Gasteiger partial charge in [0.05, 0.1) is 21.4 Å². The Morgan fingerprint density at radius 3 is 2.80 bits per heavy atom. The molecule has 2 aromatic heterocycles. The Balaban J connectivity index is 1.72. The Kier molecular flexibility index (Phi) is 7.46. The maximum atomic E-state index is 12.4. The molecule has 0 bridgehead atoms. The van der Waals surface area contributed by atoms with Crippen LogP contribution in [-0.2, 0) is 17.8 Å². The fourth-order valence-corrected chi connectivity index (χ4v) is 4.50. The van der Waals surface area contributed by atoms with Gasteiger partial charge >= 0.3 is 0 Å². The van der Waals surface area contributed by atoms with E-state index in [1.807, 2.05) is 4.57 Å². The van der Waals surface area contributed by atoms with Gasteiger partial charge in [-0.25, -0.2) is 0 Å². The van der Waals surface area contributed by atoms with Crippen molar-refractivity contribution in [1.29, 1.82) is 0 Å². The number of thioether (sulfide) groups is 1. The average Bonchev–Trinajstić information content (AvgIpc) is 3.35. The third kappa shape index (κ3) is 5.18. The molecule has 0 unspecified atom stereocenters. The number of amides is 1. The Hall–Kier alpha value is -2.43. The predicted molar refractivity (Wildman–Crippen MR) is 120 cm³/mol. The minimum Gasteiger partial charge on any atom is -0.324 e. The van der Waals surface area contributed by atoms with Gasteiger partial charge in [0.15, 0.2) is 11.0 Å². The van der Waals surface area contributed by atoms with E-state index in [0.29, 0.717) is 5.16 Å². The number of nitro benzene ring substituents is 1. The highest BCUT2D eigenvalue weighted by Gasteiger charge is 2.17. The minimum absolute atomic E-state index is 0.0741. The summed E-state index contributed by atoms with van der Waals surface area (Å²) in [4.78, 5) is 24.1. The molecule has 0 spiro atoms. The monoisotopic (exact) mass is 465 g/mol. The Labute approximate surface area is 186 Å². The van der Waals surface area contributed by atoms with Crippen LogP contribution in [0.2, 0.25) is 5.02 Å². The number of thiophene rings is 1. The molecule has 0 saturated heterocycles. The molecule has 1 aromatic carbocycles. The van der Waals surface area contributed by atoms with Crippen LogP contribution in [0.5, 0.6) is 0 Å². The lowest BCUT2D eigenvalue weighted by atomic mass is 10.2. The van der Waals surface area contributed by atoms with Crippen molar-refractivity contribution in [2.45, 2.75) is 38.4 Å². The van der Waals surface area contributed by atoms with Gasteiger partial charge in [0.25, 0.3) is 5.69 Å². The number of hydrogen-bond donors (Lipinski definition) is 1. The summed E-state index contributed by atoms with van der Waals surface area (Å²) in [6.45, 7) is 4.92. The van der Waals surface area contributed by atoms with Gasteiger partial charge < -0.3 is 9.88 Å². The number of non-ortho nitro benzene ring substituents is 1. The van der Waals surface area contributed by atoms with E-state index >= 15 is 0 Å². The Morgan fingerprint density at radius 2 is 2.13 bits per heavy atom. The third-order valence-electron chi connectivity index (χ3n) is 4.19. The molecule has 0 aliphatic rings. The number of nitrogens with zero attached hydrogens (tertiary/aromatic N) is 4. The molecule has 1 amide bonds. The molecule has 3 aromatic rings. The standard InChI is InChI=1S/C19H20ClN5O3S2/c1-3-7-24-18(12-8-14(4-2)29-10-12)22-23-19(24)30-11-17(26)21-16-9-13(25(27)28)5-6-15(16)20/h5-6,8-10H,3-4,7,11H2,1-2H3,(H,21,26). The van der Waals surface area contributed by atoms with E-state index in [0.717, 1.165) is 30.8 Å². The first kappa shape index (κ1) is 22.3. The number of anilines is 1. The van der Waals surface area contributed by atoms with Crippen molar-refractivity contribution in [2.24, 2.45) is 0 Å². The number of rotatable bonds is 9. The molecule has 0 fully saturated rings. The maximum Gasteiger partial charge on any atom is 0.271 e. The van der Waals surface area contributed by atoms with E-state index in [9.17, 15) is 14.9 Å². The topological polar surface area (TPSA) is 103 Å². The molecule has 158 valence electrons. The van der Waals surface area contributed by atoms with Crippen LogP contribution < -0.4 is 5.32 Å². The largest absolute Gasteiger partial charge is 0.324 e. The predicted octanol–water partition coefficient (Wildman–Crippen LogP) is 5.27. The lowest BCUT2D eigenvalue weighted by molar-refractivity contribution is -0.384. The van der Waals surface area contributed by atoms with E-state index in [2.05, 4.69) is 40.8 Å². The van der Waals surface area contributed by atoms with Crippen LogP contribution in [0.25, 0.3) is 11.4 Å². The van der Waals surface area contributed by atoms with Gasteiger partial charge in [-0.3, -0.25) is 14.9 Å².